The highest BCUT2D eigenvalue weighted by Crippen LogP contribution is 2.18. The van der Waals surface area contributed by atoms with Crippen molar-refractivity contribution in [1.29, 1.82) is 0 Å². The predicted molar refractivity (Wildman–Crippen MR) is 90.6 cm³/mol. The molecule has 0 aliphatic carbocycles. The van der Waals surface area contributed by atoms with Gasteiger partial charge < -0.3 is 16.0 Å². The van der Waals surface area contributed by atoms with Crippen LogP contribution in [0.3, 0.4) is 0 Å². The topological polar surface area (TPSA) is 109 Å². The molecule has 2 heterocycles. The minimum Gasteiger partial charge on any atom is -0.329 e. The molecule has 3 N–H and O–H groups in total. The van der Waals surface area contributed by atoms with Gasteiger partial charge in [-0.1, -0.05) is 20.8 Å². The van der Waals surface area contributed by atoms with E-state index in [1.54, 1.807) is 18.3 Å². The highest BCUT2D eigenvalue weighted by atomic mass is 16.2. The van der Waals surface area contributed by atoms with Crippen LogP contribution >= 0.6 is 0 Å². The summed E-state index contributed by atoms with van der Waals surface area (Å²) in [5.74, 6) is 0.335. The molecular weight excluding hydrogens is 308 g/mol. The third kappa shape index (κ3) is 5.31. The molecule has 2 aromatic rings. The molecule has 0 atom stereocenters. The van der Waals surface area contributed by atoms with Crippen molar-refractivity contribution in [2.45, 2.75) is 26.2 Å². The lowest BCUT2D eigenvalue weighted by Gasteiger charge is -2.16. The van der Waals surface area contributed by atoms with E-state index in [2.05, 4.69) is 30.9 Å². The fourth-order valence-electron chi connectivity index (χ4n) is 1.76. The van der Waals surface area contributed by atoms with Crippen LogP contribution in [0.5, 0.6) is 0 Å². The molecule has 0 saturated heterocycles. The number of carbonyl (C=O) groups excluding carboxylic acids is 2. The molecule has 2 aromatic heterocycles. The molecule has 3 amide bonds. The Morgan fingerprint density at radius 2 is 1.75 bits per heavy atom. The van der Waals surface area contributed by atoms with Crippen molar-refractivity contribution in [3.05, 3.63) is 42.7 Å². The van der Waals surface area contributed by atoms with Gasteiger partial charge in [-0.05, 0) is 12.1 Å². The fraction of sp³-hybridized carbons (Fsp3) is 0.312. The molecule has 24 heavy (non-hydrogen) atoms. The highest BCUT2D eigenvalue weighted by Gasteiger charge is 2.16. The summed E-state index contributed by atoms with van der Waals surface area (Å²) in [4.78, 5) is 35.8. The molecule has 0 aromatic carbocycles. The van der Waals surface area contributed by atoms with Crippen LogP contribution in [0.2, 0.25) is 0 Å². The summed E-state index contributed by atoms with van der Waals surface area (Å²) in [5, 5.41) is 7.65. The van der Waals surface area contributed by atoms with Crippen molar-refractivity contribution >= 4 is 23.3 Å². The van der Waals surface area contributed by atoms with Crippen molar-refractivity contribution in [3.8, 4) is 0 Å². The zero-order valence-electron chi connectivity index (χ0n) is 13.8. The normalized spacial score (nSPS) is 10.8. The average molecular weight is 328 g/mol. The summed E-state index contributed by atoms with van der Waals surface area (Å²) in [7, 11) is 0. The highest BCUT2D eigenvalue weighted by molar-refractivity contribution is 5.96. The van der Waals surface area contributed by atoms with Crippen LogP contribution in [-0.2, 0) is 10.2 Å². The van der Waals surface area contributed by atoms with Gasteiger partial charge in [0.15, 0.2) is 0 Å². The molecular formula is C16H20N6O2. The number of nitrogens with zero attached hydrogens (tertiary/aromatic N) is 3. The summed E-state index contributed by atoms with van der Waals surface area (Å²) in [5.41, 5.74) is 0.856. The third-order valence-electron chi connectivity index (χ3n) is 2.94. The maximum absolute atomic E-state index is 11.8. The van der Waals surface area contributed by atoms with E-state index in [1.165, 1.54) is 18.6 Å². The van der Waals surface area contributed by atoms with E-state index in [0.29, 0.717) is 17.2 Å². The van der Waals surface area contributed by atoms with Crippen LogP contribution in [0.15, 0.2) is 36.9 Å². The molecule has 0 radical (unpaired) electrons. The average Bonchev–Trinajstić information content (AvgIpc) is 2.53. The van der Waals surface area contributed by atoms with Gasteiger partial charge in [0, 0.05) is 11.6 Å². The van der Waals surface area contributed by atoms with E-state index in [0.717, 1.165) is 0 Å². The molecule has 0 unspecified atom stereocenters. The lowest BCUT2D eigenvalue weighted by atomic mass is 9.96. The molecule has 0 spiro atoms. The number of anilines is 2. The summed E-state index contributed by atoms with van der Waals surface area (Å²) in [6, 6.07) is 2.90. The van der Waals surface area contributed by atoms with Crippen LogP contribution < -0.4 is 16.0 Å². The number of pyridine rings is 1. The molecule has 0 aliphatic rings. The Labute approximate surface area is 140 Å². The summed E-state index contributed by atoms with van der Waals surface area (Å²) < 4.78 is 0. The zero-order chi connectivity index (χ0) is 17.6. The molecule has 0 aliphatic heterocycles. The first-order valence-electron chi connectivity index (χ1n) is 7.42. The second-order valence-electron chi connectivity index (χ2n) is 6.14. The lowest BCUT2D eigenvalue weighted by Crippen LogP contribution is -2.35. The van der Waals surface area contributed by atoms with E-state index in [9.17, 15) is 9.59 Å². The van der Waals surface area contributed by atoms with Gasteiger partial charge in [-0.3, -0.25) is 9.78 Å². The molecule has 0 saturated carbocycles. The Kier molecular flexibility index (Phi) is 5.41. The zero-order valence-corrected chi connectivity index (χ0v) is 13.8. The molecule has 2 rings (SSSR count). The van der Waals surface area contributed by atoms with Crippen LogP contribution in [0.1, 0.15) is 26.6 Å². The Bertz CT molecular complexity index is 695. The monoisotopic (exact) mass is 328 g/mol. The standard InChI is InChI=1S/C16H20N6O2/c1-16(2,3)14-18-8-12(9-19-14)22-15(24)20-10-13(23)21-11-5-4-6-17-7-11/h4-9H,10H2,1-3H3,(H,21,23)(H2,20,22,24). The van der Waals surface area contributed by atoms with Crippen LogP contribution in [0.4, 0.5) is 16.2 Å². The van der Waals surface area contributed by atoms with Gasteiger partial charge in [-0.15, -0.1) is 0 Å². The maximum atomic E-state index is 11.8. The van der Waals surface area contributed by atoms with Gasteiger partial charge in [-0.25, -0.2) is 14.8 Å². The number of urea groups is 1. The van der Waals surface area contributed by atoms with Gasteiger partial charge in [0.25, 0.3) is 0 Å². The first-order chi connectivity index (χ1) is 11.3. The largest absolute Gasteiger partial charge is 0.329 e. The molecule has 126 valence electrons. The minimum atomic E-state index is -0.511. The van der Waals surface area contributed by atoms with Gasteiger partial charge in [0.1, 0.15) is 5.82 Å². The maximum Gasteiger partial charge on any atom is 0.319 e. The Balaban J connectivity index is 1.80. The number of rotatable bonds is 4. The molecule has 8 nitrogen and oxygen atoms in total. The summed E-state index contributed by atoms with van der Waals surface area (Å²) in [6.07, 6.45) is 6.19. The van der Waals surface area contributed by atoms with Crippen molar-refractivity contribution in [3.63, 3.8) is 0 Å². The molecule has 8 heteroatoms. The summed E-state index contributed by atoms with van der Waals surface area (Å²) >= 11 is 0. The lowest BCUT2D eigenvalue weighted by molar-refractivity contribution is -0.115. The predicted octanol–water partition coefficient (Wildman–Crippen LogP) is 1.93. The third-order valence-corrected chi connectivity index (χ3v) is 2.94. The van der Waals surface area contributed by atoms with Crippen molar-refractivity contribution in [1.82, 2.24) is 20.3 Å². The number of aromatic nitrogens is 3. The van der Waals surface area contributed by atoms with Crippen LogP contribution in [-0.4, -0.2) is 33.4 Å². The fourth-order valence-corrected chi connectivity index (χ4v) is 1.76. The minimum absolute atomic E-state index is 0.162. The van der Waals surface area contributed by atoms with Gasteiger partial charge in [-0.2, -0.15) is 0 Å². The van der Waals surface area contributed by atoms with E-state index >= 15 is 0 Å². The van der Waals surface area contributed by atoms with E-state index in [1.807, 2.05) is 20.8 Å². The quantitative estimate of drug-likeness (QED) is 0.794. The first kappa shape index (κ1) is 17.3. The number of nitrogens with one attached hydrogen (secondary N) is 3. The SMILES string of the molecule is CC(C)(C)c1ncc(NC(=O)NCC(=O)Nc2cccnc2)cn1. The first-order valence-corrected chi connectivity index (χ1v) is 7.42. The van der Waals surface area contributed by atoms with E-state index in [-0.39, 0.29) is 17.9 Å². The van der Waals surface area contributed by atoms with Crippen molar-refractivity contribution < 1.29 is 9.59 Å². The Hall–Kier alpha value is -3.03. The number of carbonyl (C=O) groups is 2. The van der Waals surface area contributed by atoms with Gasteiger partial charge >= 0.3 is 6.03 Å². The Morgan fingerprint density at radius 1 is 1.04 bits per heavy atom. The second kappa shape index (κ2) is 7.49. The van der Waals surface area contributed by atoms with E-state index in [4.69, 9.17) is 0 Å². The number of hydrogen-bond donors (Lipinski definition) is 3. The van der Waals surface area contributed by atoms with Gasteiger partial charge in [0.05, 0.1) is 36.5 Å². The smallest absolute Gasteiger partial charge is 0.319 e. The number of amides is 3. The Morgan fingerprint density at radius 3 is 2.33 bits per heavy atom. The summed E-state index contributed by atoms with van der Waals surface area (Å²) in [6.45, 7) is 5.84. The number of hydrogen-bond acceptors (Lipinski definition) is 5. The van der Waals surface area contributed by atoms with Gasteiger partial charge in [0.2, 0.25) is 5.91 Å². The van der Waals surface area contributed by atoms with Crippen molar-refractivity contribution in [2.75, 3.05) is 17.2 Å². The van der Waals surface area contributed by atoms with Crippen LogP contribution in [0, 0.1) is 0 Å². The van der Waals surface area contributed by atoms with Crippen molar-refractivity contribution in [2.24, 2.45) is 0 Å². The van der Waals surface area contributed by atoms with Crippen LogP contribution in [0.25, 0.3) is 0 Å². The van der Waals surface area contributed by atoms with E-state index < -0.39 is 6.03 Å². The molecule has 0 bridgehead atoms. The second-order valence-corrected chi connectivity index (χ2v) is 6.14. The molecule has 0 fully saturated rings.